The van der Waals surface area contributed by atoms with Crippen LogP contribution in [-0.4, -0.2) is 11.7 Å². The lowest BCUT2D eigenvalue weighted by molar-refractivity contribution is 0.675. The van der Waals surface area contributed by atoms with Gasteiger partial charge in [0.05, 0.1) is 0 Å². The molecular formula is C39H25N3S. The third-order valence-corrected chi connectivity index (χ3v) is 9.64. The number of nitrogens with zero attached hydrogens (tertiary/aromatic N) is 2. The van der Waals surface area contributed by atoms with Crippen molar-refractivity contribution in [1.29, 1.82) is 0 Å². The van der Waals surface area contributed by atoms with E-state index in [-0.39, 0.29) is 6.17 Å². The maximum atomic E-state index is 5.16. The first-order valence-electron chi connectivity index (χ1n) is 14.5. The van der Waals surface area contributed by atoms with Crippen molar-refractivity contribution in [3.63, 3.8) is 0 Å². The molecule has 0 radical (unpaired) electrons. The summed E-state index contributed by atoms with van der Waals surface area (Å²) in [7, 11) is 0. The van der Waals surface area contributed by atoms with Crippen LogP contribution < -0.4 is 5.32 Å². The highest BCUT2D eigenvalue weighted by Crippen LogP contribution is 2.37. The van der Waals surface area contributed by atoms with E-state index in [1.807, 2.05) is 29.5 Å². The normalized spacial score (nSPS) is 15.2. The zero-order valence-corrected chi connectivity index (χ0v) is 24.0. The van der Waals surface area contributed by atoms with E-state index in [0.717, 1.165) is 28.4 Å². The van der Waals surface area contributed by atoms with Crippen molar-refractivity contribution in [2.24, 2.45) is 9.98 Å². The van der Waals surface area contributed by atoms with Gasteiger partial charge in [-0.3, -0.25) is 0 Å². The molecule has 0 aliphatic carbocycles. The highest BCUT2D eigenvalue weighted by molar-refractivity contribution is 7.25. The Kier molecular flexibility index (Phi) is 5.43. The predicted octanol–water partition coefficient (Wildman–Crippen LogP) is 10.0. The molecule has 3 nitrogen and oxygen atoms in total. The summed E-state index contributed by atoms with van der Waals surface area (Å²) < 4.78 is 2.56. The van der Waals surface area contributed by atoms with E-state index in [9.17, 15) is 0 Å². The molecule has 202 valence electrons. The fourth-order valence-electron chi connectivity index (χ4n) is 6.45. The van der Waals surface area contributed by atoms with Crippen LogP contribution in [-0.2, 0) is 0 Å². The quantitative estimate of drug-likeness (QED) is 0.212. The van der Waals surface area contributed by atoms with Crippen LogP contribution in [0.25, 0.3) is 52.5 Å². The summed E-state index contributed by atoms with van der Waals surface area (Å²) in [5.41, 5.74) is 3.17. The van der Waals surface area contributed by atoms with E-state index in [0.29, 0.717) is 0 Å². The Balaban J connectivity index is 1.21. The van der Waals surface area contributed by atoms with Crippen molar-refractivity contribution in [1.82, 2.24) is 5.32 Å². The number of fused-ring (bicyclic) bond motifs is 9. The minimum atomic E-state index is -0.282. The summed E-state index contributed by atoms with van der Waals surface area (Å²) in [4.78, 5) is 10.2. The minimum absolute atomic E-state index is 0.282. The number of benzene rings is 7. The van der Waals surface area contributed by atoms with Gasteiger partial charge >= 0.3 is 0 Å². The molecule has 1 aliphatic rings. The molecule has 0 fully saturated rings. The lowest BCUT2D eigenvalue weighted by atomic mass is 9.93. The maximum absolute atomic E-state index is 5.16. The van der Waals surface area contributed by atoms with Gasteiger partial charge in [0, 0.05) is 31.3 Å². The topological polar surface area (TPSA) is 36.8 Å². The molecule has 1 aliphatic heterocycles. The van der Waals surface area contributed by atoms with Gasteiger partial charge in [-0.1, -0.05) is 121 Å². The summed E-state index contributed by atoms with van der Waals surface area (Å²) in [6.07, 6.45) is -0.282. The number of hydrogen-bond donors (Lipinski definition) is 1. The molecule has 9 rings (SSSR count). The first-order chi connectivity index (χ1) is 21.3. The van der Waals surface area contributed by atoms with Crippen LogP contribution in [0.2, 0.25) is 0 Å². The van der Waals surface area contributed by atoms with E-state index < -0.39 is 0 Å². The van der Waals surface area contributed by atoms with E-state index >= 15 is 0 Å². The van der Waals surface area contributed by atoms with Crippen LogP contribution in [0.15, 0.2) is 150 Å². The molecule has 0 amide bonds. The molecule has 0 saturated heterocycles. The van der Waals surface area contributed by atoms with E-state index in [4.69, 9.17) is 9.98 Å². The molecule has 1 unspecified atom stereocenters. The highest BCUT2D eigenvalue weighted by atomic mass is 32.1. The third kappa shape index (κ3) is 3.95. The molecule has 0 bridgehead atoms. The molecule has 7 aromatic carbocycles. The summed E-state index contributed by atoms with van der Waals surface area (Å²) in [6, 6.07) is 49.7. The Morgan fingerprint density at radius 2 is 1.05 bits per heavy atom. The van der Waals surface area contributed by atoms with Crippen LogP contribution in [0.1, 0.15) is 22.9 Å². The van der Waals surface area contributed by atoms with Gasteiger partial charge in [0.1, 0.15) is 12.0 Å². The Morgan fingerprint density at radius 3 is 1.79 bits per heavy atom. The van der Waals surface area contributed by atoms with Gasteiger partial charge < -0.3 is 5.32 Å². The Morgan fingerprint density at radius 1 is 0.465 bits per heavy atom. The van der Waals surface area contributed by atoms with Crippen molar-refractivity contribution in [2.75, 3.05) is 0 Å². The number of aliphatic imine (C=N–C) groups is 2. The van der Waals surface area contributed by atoms with Crippen LogP contribution in [0.4, 0.5) is 0 Å². The standard InChI is InChI=1S/C39H25N3S/c1-2-10-24(11-3-1)37-40-38(42-39(41-37)26-19-21-33-32-16-8-9-17-35(32)43-36(33)23-26)25-18-20-31-29-14-5-4-12-27(29)28-13-6-7-15-30(28)34(31)22-25/h1-23,38H,(H,40,41,42). The maximum Gasteiger partial charge on any atom is 0.159 e. The average molecular weight is 568 g/mol. The lowest BCUT2D eigenvalue weighted by Crippen LogP contribution is -2.33. The number of thiophene rings is 1. The van der Waals surface area contributed by atoms with E-state index in [1.165, 1.54) is 52.5 Å². The first kappa shape index (κ1) is 24.3. The van der Waals surface area contributed by atoms with Gasteiger partial charge in [0.2, 0.25) is 0 Å². The number of rotatable bonds is 3. The van der Waals surface area contributed by atoms with E-state index in [1.54, 1.807) is 0 Å². The van der Waals surface area contributed by atoms with Gasteiger partial charge in [0.25, 0.3) is 0 Å². The zero-order chi connectivity index (χ0) is 28.3. The van der Waals surface area contributed by atoms with Gasteiger partial charge in [0.15, 0.2) is 5.84 Å². The number of hydrogen-bond acceptors (Lipinski definition) is 4. The summed E-state index contributed by atoms with van der Waals surface area (Å²) in [6.45, 7) is 0. The fourth-order valence-corrected chi connectivity index (χ4v) is 7.60. The summed E-state index contributed by atoms with van der Waals surface area (Å²) >= 11 is 1.82. The second kappa shape index (κ2) is 9.62. The van der Waals surface area contributed by atoms with Crippen molar-refractivity contribution < 1.29 is 0 Å². The van der Waals surface area contributed by atoms with Gasteiger partial charge in [-0.2, -0.15) is 0 Å². The Labute approximate surface area is 252 Å². The summed E-state index contributed by atoms with van der Waals surface area (Å²) in [5, 5.41) is 13.8. The SMILES string of the molecule is c1ccc(C2=NC(c3ccc4c5ccccc5c5ccccc5c4c3)NC(c3ccc4c(c3)sc3ccccc34)=N2)cc1. The zero-order valence-electron chi connectivity index (χ0n) is 23.2. The average Bonchev–Trinajstić information content (AvgIpc) is 3.46. The molecule has 0 spiro atoms. The second-order valence-corrected chi connectivity index (χ2v) is 12.1. The summed E-state index contributed by atoms with van der Waals surface area (Å²) in [5.74, 6) is 1.57. The van der Waals surface area contributed by atoms with Gasteiger partial charge in [-0.15, -0.1) is 11.3 Å². The fraction of sp³-hybridized carbons (Fsp3) is 0.0256. The van der Waals surface area contributed by atoms with E-state index in [2.05, 4.69) is 127 Å². The predicted molar refractivity (Wildman–Crippen MR) is 184 cm³/mol. The van der Waals surface area contributed by atoms with Crippen LogP contribution >= 0.6 is 11.3 Å². The number of amidine groups is 2. The minimum Gasteiger partial charge on any atom is -0.344 e. The van der Waals surface area contributed by atoms with Crippen LogP contribution in [0.5, 0.6) is 0 Å². The van der Waals surface area contributed by atoms with Crippen LogP contribution in [0.3, 0.4) is 0 Å². The monoisotopic (exact) mass is 567 g/mol. The largest absolute Gasteiger partial charge is 0.344 e. The number of nitrogens with one attached hydrogen (secondary N) is 1. The smallest absolute Gasteiger partial charge is 0.159 e. The molecule has 2 heterocycles. The van der Waals surface area contributed by atoms with Crippen molar-refractivity contribution in [2.45, 2.75) is 6.17 Å². The highest BCUT2D eigenvalue weighted by Gasteiger charge is 2.22. The molecule has 0 saturated carbocycles. The Bertz CT molecular complexity index is 2400. The molecule has 4 heteroatoms. The molecule has 1 aromatic heterocycles. The lowest BCUT2D eigenvalue weighted by Gasteiger charge is -2.24. The van der Waals surface area contributed by atoms with Gasteiger partial charge in [-0.05, 0) is 56.1 Å². The first-order valence-corrected chi connectivity index (χ1v) is 15.3. The molecule has 1 N–H and O–H groups in total. The van der Waals surface area contributed by atoms with Crippen LogP contribution in [0, 0.1) is 0 Å². The van der Waals surface area contributed by atoms with Crippen molar-refractivity contribution in [3.05, 3.63) is 156 Å². The molecule has 8 aromatic rings. The molecular weight excluding hydrogens is 543 g/mol. The molecule has 43 heavy (non-hydrogen) atoms. The second-order valence-electron chi connectivity index (χ2n) is 11.0. The third-order valence-electron chi connectivity index (χ3n) is 8.51. The van der Waals surface area contributed by atoms with Crippen molar-refractivity contribution in [3.8, 4) is 0 Å². The molecule has 1 atom stereocenters. The van der Waals surface area contributed by atoms with Gasteiger partial charge in [-0.25, -0.2) is 9.98 Å². The van der Waals surface area contributed by atoms with Crippen molar-refractivity contribution >= 4 is 75.5 Å². The Hall–Kier alpha value is -5.32.